The summed E-state index contributed by atoms with van der Waals surface area (Å²) in [4.78, 5) is 48.3. The molecule has 0 spiro atoms. The van der Waals surface area contributed by atoms with Gasteiger partial charge < -0.3 is 26.6 Å². The van der Waals surface area contributed by atoms with Crippen molar-refractivity contribution >= 4 is 29.2 Å². The number of hydrogen-bond donors (Lipinski definition) is 4. The summed E-state index contributed by atoms with van der Waals surface area (Å²) in [6.45, 7) is 12.4. The zero-order chi connectivity index (χ0) is 32.2. The van der Waals surface area contributed by atoms with Gasteiger partial charge in [0.1, 0.15) is 5.82 Å². The van der Waals surface area contributed by atoms with E-state index in [9.17, 15) is 14.4 Å². The van der Waals surface area contributed by atoms with Crippen LogP contribution in [-0.4, -0.2) is 76.9 Å². The molecule has 1 aromatic heterocycles. The Hall–Kier alpha value is -3.66. The first-order valence-electron chi connectivity index (χ1n) is 16.9. The van der Waals surface area contributed by atoms with E-state index in [1.54, 1.807) is 18.3 Å². The number of nitrogens with two attached hydrogens (primary N) is 1. The topological polar surface area (TPSA) is 133 Å². The number of primary amides is 1. The van der Waals surface area contributed by atoms with Crippen LogP contribution in [0.1, 0.15) is 116 Å². The summed E-state index contributed by atoms with van der Waals surface area (Å²) in [7, 11) is 0. The van der Waals surface area contributed by atoms with Crippen molar-refractivity contribution in [2.45, 2.75) is 122 Å². The van der Waals surface area contributed by atoms with Crippen LogP contribution in [0, 0.1) is 6.92 Å². The Bertz CT molecular complexity index is 1360. The molecule has 0 saturated carbocycles. The molecule has 3 aliphatic heterocycles. The van der Waals surface area contributed by atoms with Crippen molar-refractivity contribution in [1.82, 2.24) is 20.5 Å². The van der Waals surface area contributed by atoms with Gasteiger partial charge in [-0.3, -0.25) is 19.3 Å². The van der Waals surface area contributed by atoms with Crippen LogP contribution in [0.5, 0.6) is 0 Å². The quantitative estimate of drug-likeness (QED) is 0.289. The van der Waals surface area contributed by atoms with E-state index in [-0.39, 0.29) is 42.0 Å². The lowest BCUT2D eigenvalue weighted by molar-refractivity contribution is 0.0884. The minimum absolute atomic E-state index is 0.0443. The number of benzene rings is 1. The molecule has 3 amide bonds. The number of nitrogens with zero attached hydrogens (tertiary/aromatic N) is 3. The number of aromatic nitrogens is 1. The highest BCUT2D eigenvalue weighted by atomic mass is 16.2. The summed E-state index contributed by atoms with van der Waals surface area (Å²) in [6, 6.07) is 8.78. The molecular weight excluding hydrogens is 566 g/mol. The molecule has 0 aliphatic carbocycles. The van der Waals surface area contributed by atoms with Crippen molar-refractivity contribution in [2.75, 3.05) is 23.3 Å². The Balaban J connectivity index is 1.21. The lowest BCUT2D eigenvalue weighted by Crippen LogP contribution is -2.51. The van der Waals surface area contributed by atoms with Crippen LogP contribution in [0.3, 0.4) is 0 Å². The van der Waals surface area contributed by atoms with Crippen LogP contribution >= 0.6 is 0 Å². The number of carbonyl (C=O) groups is 3. The fourth-order valence-electron chi connectivity index (χ4n) is 7.46. The third-order valence-electron chi connectivity index (χ3n) is 10.1. The van der Waals surface area contributed by atoms with Gasteiger partial charge in [0.25, 0.3) is 17.7 Å². The lowest BCUT2D eigenvalue weighted by atomic mass is 9.95. The Morgan fingerprint density at radius 3 is 2.24 bits per heavy atom. The van der Waals surface area contributed by atoms with Crippen LogP contribution in [-0.2, 0) is 0 Å². The highest BCUT2D eigenvalue weighted by Crippen LogP contribution is 2.39. The number of nitrogens with one attached hydrogen (secondary N) is 3. The molecule has 4 heterocycles. The van der Waals surface area contributed by atoms with Crippen molar-refractivity contribution in [3.05, 3.63) is 52.7 Å². The second-order valence-electron chi connectivity index (χ2n) is 13.5. The fraction of sp³-hybridized carbons (Fsp3) is 0.600. The van der Waals surface area contributed by atoms with E-state index in [1.807, 2.05) is 19.1 Å². The van der Waals surface area contributed by atoms with Gasteiger partial charge in [-0.2, -0.15) is 0 Å². The molecule has 10 nitrogen and oxygen atoms in total. The Morgan fingerprint density at radius 1 is 0.956 bits per heavy atom. The van der Waals surface area contributed by atoms with E-state index in [4.69, 9.17) is 10.7 Å². The van der Waals surface area contributed by atoms with Crippen LogP contribution in [0.15, 0.2) is 30.5 Å². The highest BCUT2D eigenvalue weighted by molar-refractivity contribution is 6.03. The Labute approximate surface area is 267 Å². The van der Waals surface area contributed by atoms with E-state index < -0.39 is 5.91 Å². The summed E-state index contributed by atoms with van der Waals surface area (Å²) < 4.78 is 0. The van der Waals surface area contributed by atoms with Crippen LogP contribution in [0.25, 0.3) is 0 Å². The molecule has 3 aliphatic rings. The van der Waals surface area contributed by atoms with Gasteiger partial charge in [0.2, 0.25) is 0 Å². The number of carbonyl (C=O) groups excluding carboxylic acids is 3. The molecule has 5 rings (SSSR count). The molecule has 244 valence electrons. The van der Waals surface area contributed by atoms with Gasteiger partial charge in [-0.15, -0.1) is 0 Å². The molecule has 3 atom stereocenters. The molecule has 5 N–H and O–H groups in total. The Morgan fingerprint density at radius 2 is 1.64 bits per heavy atom. The van der Waals surface area contributed by atoms with Gasteiger partial charge in [-0.25, -0.2) is 4.98 Å². The van der Waals surface area contributed by atoms with Crippen molar-refractivity contribution in [1.29, 1.82) is 0 Å². The molecule has 2 unspecified atom stereocenters. The number of piperidine rings is 2. The van der Waals surface area contributed by atoms with Crippen molar-refractivity contribution in [3.63, 3.8) is 0 Å². The molecule has 45 heavy (non-hydrogen) atoms. The number of amides is 3. The third kappa shape index (κ3) is 7.43. The number of likely N-dealkylation sites (tertiary alicyclic amines) is 1. The normalized spacial score (nSPS) is 23.3. The minimum atomic E-state index is -0.507. The molecule has 1 aromatic carbocycles. The third-order valence-corrected chi connectivity index (χ3v) is 10.1. The lowest BCUT2D eigenvalue weighted by Gasteiger charge is -2.40. The maximum absolute atomic E-state index is 13.6. The van der Waals surface area contributed by atoms with E-state index in [0.29, 0.717) is 28.4 Å². The Kier molecular flexibility index (Phi) is 10.3. The second kappa shape index (κ2) is 14.2. The van der Waals surface area contributed by atoms with E-state index >= 15 is 0 Å². The van der Waals surface area contributed by atoms with Gasteiger partial charge in [0, 0.05) is 60.2 Å². The molecule has 0 radical (unpaired) electrons. The van der Waals surface area contributed by atoms with Gasteiger partial charge in [0.15, 0.2) is 0 Å². The predicted octanol–water partition coefficient (Wildman–Crippen LogP) is 4.62. The average molecular weight is 618 g/mol. The van der Waals surface area contributed by atoms with E-state index in [1.165, 1.54) is 0 Å². The van der Waals surface area contributed by atoms with Gasteiger partial charge >= 0.3 is 0 Å². The van der Waals surface area contributed by atoms with Crippen molar-refractivity contribution in [3.8, 4) is 0 Å². The number of pyridine rings is 1. The van der Waals surface area contributed by atoms with Gasteiger partial charge in [0.05, 0.1) is 11.1 Å². The second-order valence-corrected chi connectivity index (χ2v) is 13.5. The van der Waals surface area contributed by atoms with Crippen LogP contribution in [0.4, 0.5) is 11.5 Å². The average Bonchev–Trinajstić information content (AvgIpc) is 3.29. The molecule has 10 heteroatoms. The number of rotatable bonds is 11. The first kappa shape index (κ1) is 32.7. The van der Waals surface area contributed by atoms with Crippen LogP contribution in [0.2, 0.25) is 0 Å². The SMILES string of the molecule is CCC(CC)Nc1cc(C(=O)NC2CC3CCC(C2)N3c2ccc(C(=O)N[C@@H]3CCCN(C(C)C)C3)cn2)c(C)cc1C(N)=O. The monoisotopic (exact) mass is 617 g/mol. The number of hydrogen-bond acceptors (Lipinski definition) is 7. The van der Waals surface area contributed by atoms with Crippen molar-refractivity contribution in [2.24, 2.45) is 5.73 Å². The number of fused-ring (bicyclic) bond motifs is 2. The summed E-state index contributed by atoms with van der Waals surface area (Å²) in [5.41, 5.74) is 8.58. The first-order valence-corrected chi connectivity index (χ1v) is 16.9. The summed E-state index contributed by atoms with van der Waals surface area (Å²) in [5, 5.41) is 9.93. The zero-order valence-electron chi connectivity index (χ0n) is 27.6. The number of anilines is 2. The minimum Gasteiger partial charge on any atom is -0.382 e. The molecule has 2 aromatic rings. The van der Waals surface area contributed by atoms with E-state index in [0.717, 1.165) is 75.8 Å². The summed E-state index contributed by atoms with van der Waals surface area (Å²) in [6.07, 6.45) is 9.35. The standard InChI is InChI=1S/C35H51N7O3/c1-6-24(7-2)38-31-18-29(22(5)15-30(31)33(36)43)35(45)40-26-16-27-11-12-28(17-26)42(27)32-13-10-23(19-37-32)34(44)39-25-9-8-14-41(20-25)21(3)4/h10,13,15,18-19,21,24-28,38H,6-9,11-12,14,16-17,20H2,1-5H3,(H2,36,43)(H,39,44)(H,40,45)/t25-,26?,27?,28?/m1/s1. The summed E-state index contributed by atoms with van der Waals surface area (Å²) in [5.74, 6) is 0.192. The van der Waals surface area contributed by atoms with Gasteiger partial charge in [-0.05, 0) is 109 Å². The molecule has 3 fully saturated rings. The van der Waals surface area contributed by atoms with E-state index in [2.05, 4.69) is 53.4 Å². The molecular formula is C35H51N7O3. The predicted molar refractivity (Wildman–Crippen MR) is 179 cm³/mol. The number of aryl methyl sites for hydroxylation is 1. The molecule has 2 bridgehead atoms. The van der Waals surface area contributed by atoms with Gasteiger partial charge in [-0.1, -0.05) is 13.8 Å². The zero-order valence-corrected chi connectivity index (χ0v) is 27.6. The van der Waals surface area contributed by atoms with Crippen LogP contribution < -0.4 is 26.6 Å². The largest absolute Gasteiger partial charge is 0.382 e. The highest BCUT2D eigenvalue weighted by Gasteiger charge is 2.42. The maximum Gasteiger partial charge on any atom is 0.253 e. The molecule has 3 saturated heterocycles. The first-order chi connectivity index (χ1) is 21.6. The fourth-order valence-corrected chi connectivity index (χ4v) is 7.46. The maximum atomic E-state index is 13.6. The smallest absolute Gasteiger partial charge is 0.253 e. The van der Waals surface area contributed by atoms with Crippen molar-refractivity contribution < 1.29 is 14.4 Å². The summed E-state index contributed by atoms with van der Waals surface area (Å²) >= 11 is 0.